The molecule has 0 saturated carbocycles. The highest BCUT2D eigenvalue weighted by atomic mass is 16.5. The van der Waals surface area contributed by atoms with Gasteiger partial charge < -0.3 is 9.47 Å². The van der Waals surface area contributed by atoms with Crippen molar-refractivity contribution in [2.75, 3.05) is 7.11 Å². The lowest BCUT2D eigenvalue weighted by Crippen LogP contribution is -2.15. The van der Waals surface area contributed by atoms with Crippen molar-refractivity contribution >= 4 is 5.97 Å². The predicted octanol–water partition coefficient (Wildman–Crippen LogP) is 2.27. The van der Waals surface area contributed by atoms with E-state index in [1.54, 1.807) is 34.1 Å². The molecule has 0 aliphatic heterocycles. The van der Waals surface area contributed by atoms with Crippen LogP contribution in [0.4, 0.5) is 0 Å². The minimum Gasteiger partial charge on any atom is -0.496 e. The van der Waals surface area contributed by atoms with Crippen molar-refractivity contribution in [2.45, 2.75) is 33.8 Å². The standard InChI is InChI=1S/C12H17NO3/c1-7(2)16-12(14)10-9(4)11(15-5)8(3)6-13-10/h6-7H,1-5H3. The molecule has 0 aromatic carbocycles. The summed E-state index contributed by atoms with van der Waals surface area (Å²) < 4.78 is 10.3. The first kappa shape index (κ1) is 12.5. The van der Waals surface area contributed by atoms with Crippen molar-refractivity contribution in [1.82, 2.24) is 4.98 Å². The fraction of sp³-hybridized carbons (Fsp3) is 0.500. The zero-order chi connectivity index (χ0) is 12.3. The summed E-state index contributed by atoms with van der Waals surface area (Å²) in [6.45, 7) is 7.30. The number of ether oxygens (including phenoxy) is 2. The largest absolute Gasteiger partial charge is 0.496 e. The van der Waals surface area contributed by atoms with Crippen molar-refractivity contribution in [2.24, 2.45) is 0 Å². The molecular weight excluding hydrogens is 206 g/mol. The third kappa shape index (κ3) is 2.51. The van der Waals surface area contributed by atoms with Crippen LogP contribution in [-0.4, -0.2) is 24.2 Å². The third-order valence-electron chi connectivity index (χ3n) is 2.18. The van der Waals surface area contributed by atoms with Gasteiger partial charge in [-0.2, -0.15) is 0 Å². The molecule has 1 aromatic rings. The van der Waals surface area contributed by atoms with Crippen LogP contribution in [0.3, 0.4) is 0 Å². The molecule has 0 atom stereocenters. The summed E-state index contributed by atoms with van der Waals surface area (Å²) in [5.41, 5.74) is 1.94. The number of aromatic nitrogens is 1. The van der Waals surface area contributed by atoms with Crippen molar-refractivity contribution in [3.05, 3.63) is 23.0 Å². The summed E-state index contributed by atoms with van der Waals surface area (Å²) in [6.07, 6.45) is 1.46. The molecule has 0 unspecified atom stereocenters. The van der Waals surface area contributed by atoms with Crippen LogP contribution in [0.15, 0.2) is 6.20 Å². The number of hydrogen-bond acceptors (Lipinski definition) is 4. The van der Waals surface area contributed by atoms with Gasteiger partial charge in [0.2, 0.25) is 0 Å². The molecule has 1 aromatic heterocycles. The molecule has 0 bridgehead atoms. The molecule has 0 aliphatic carbocycles. The molecule has 0 radical (unpaired) electrons. The summed E-state index contributed by atoms with van der Waals surface area (Å²) in [5.74, 6) is 0.275. The third-order valence-corrected chi connectivity index (χ3v) is 2.18. The Kier molecular flexibility index (Phi) is 3.88. The van der Waals surface area contributed by atoms with Gasteiger partial charge in [0.05, 0.1) is 13.2 Å². The number of carbonyl (C=O) groups excluding carboxylic acids is 1. The summed E-state index contributed by atoms with van der Waals surface area (Å²) in [5, 5.41) is 0. The molecule has 16 heavy (non-hydrogen) atoms. The molecule has 0 saturated heterocycles. The lowest BCUT2D eigenvalue weighted by Gasteiger charge is -2.12. The summed E-state index contributed by atoms with van der Waals surface area (Å²) in [7, 11) is 1.58. The zero-order valence-electron chi connectivity index (χ0n) is 10.3. The van der Waals surface area contributed by atoms with E-state index in [1.165, 1.54) is 0 Å². The van der Waals surface area contributed by atoms with E-state index < -0.39 is 5.97 Å². The number of pyridine rings is 1. The Hall–Kier alpha value is -1.58. The van der Waals surface area contributed by atoms with E-state index >= 15 is 0 Å². The van der Waals surface area contributed by atoms with Gasteiger partial charge in [-0.25, -0.2) is 9.78 Å². The van der Waals surface area contributed by atoms with Crippen molar-refractivity contribution in [1.29, 1.82) is 0 Å². The molecule has 4 nitrogen and oxygen atoms in total. The maximum absolute atomic E-state index is 11.7. The SMILES string of the molecule is COc1c(C)cnc(C(=O)OC(C)C)c1C. The van der Waals surface area contributed by atoms with Crippen LogP contribution in [0.1, 0.15) is 35.5 Å². The van der Waals surface area contributed by atoms with Crippen molar-refractivity contribution in [3.8, 4) is 5.75 Å². The van der Waals surface area contributed by atoms with Crippen molar-refractivity contribution < 1.29 is 14.3 Å². The van der Waals surface area contributed by atoms with E-state index in [4.69, 9.17) is 9.47 Å². The van der Waals surface area contributed by atoms with Crippen LogP contribution in [0.25, 0.3) is 0 Å². The Morgan fingerprint density at radius 3 is 2.50 bits per heavy atom. The number of rotatable bonds is 3. The average molecular weight is 223 g/mol. The Morgan fingerprint density at radius 2 is 2.00 bits per heavy atom. The van der Waals surface area contributed by atoms with Crippen LogP contribution in [-0.2, 0) is 4.74 Å². The first-order valence-corrected chi connectivity index (χ1v) is 5.18. The maximum Gasteiger partial charge on any atom is 0.357 e. The lowest BCUT2D eigenvalue weighted by atomic mass is 10.1. The Balaban J connectivity index is 3.11. The highest BCUT2D eigenvalue weighted by Crippen LogP contribution is 2.24. The zero-order valence-corrected chi connectivity index (χ0v) is 10.3. The quantitative estimate of drug-likeness (QED) is 0.737. The number of esters is 1. The maximum atomic E-state index is 11.7. The number of nitrogens with zero attached hydrogens (tertiary/aromatic N) is 1. The van der Waals surface area contributed by atoms with Crippen LogP contribution in [0.5, 0.6) is 5.75 Å². The first-order chi connectivity index (χ1) is 7.47. The number of methoxy groups -OCH3 is 1. The predicted molar refractivity (Wildman–Crippen MR) is 60.8 cm³/mol. The highest BCUT2D eigenvalue weighted by molar-refractivity contribution is 5.89. The second-order valence-corrected chi connectivity index (χ2v) is 3.90. The van der Waals surface area contributed by atoms with Crippen LogP contribution >= 0.6 is 0 Å². The minimum absolute atomic E-state index is 0.152. The minimum atomic E-state index is -0.411. The summed E-state index contributed by atoms with van der Waals surface area (Å²) >= 11 is 0. The second-order valence-electron chi connectivity index (χ2n) is 3.90. The topological polar surface area (TPSA) is 48.4 Å². The molecule has 0 aliphatic rings. The molecule has 0 spiro atoms. The van der Waals surface area contributed by atoms with Crippen molar-refractivity contribution in [3.63, 3.8) is 0 Å². The van der Waals surface area contributed by atoms with Crippen LogP contribution in [0, 0.1) is 13.8 Å². The number of aryl methyl sites for hydroxylation is 1. The highest BCUT2D eigenvalue weighted by Gasteiger charge is 2.17. The van der Waals surface area contributed by atoms with E-state index in [1.807, 2.05) is 6.92 Å². The van der Waals surface area contributed by atoms with E-state index in [9.17, 15) is 4.79 Å². The molecule has 0 fully saturated rings. The fourth-order valence-electron chi connectivity index (χ4n) is 1.51. The normalized spacial score (nSPS) is 10.4. The van der Waals surface area contributed by atoms with Gasteiger partial charge >= 0.3 is 5.97 Å². The molecule has 0 N–H and O–H groups in total. The summed E-state index contributed by atoms with van der Waals surface area (Å²) in [4.78, 5) is 15.8. The van der Waals surface area contributed by atoms with Gasteiger partial charge in [-0.3, -0.25) is 0 Å². The van der Waals surface area contributed by atoms with Crippen LogP contribution < -0.4 is 4.74 Å². The lowest BCUT2D eigenvalue weighted by molar-refractivity contribution is 0.0369. The fourth-order valence-corrected chi connectivity index (χ4v) is 1.51. The molecule has 1 heterocycles. The smallest absolute Gasteiger partial charge is 0.357 e. The van der Waals surface area contributed by atoms with Gasteiger partial charge in [0.1, 0.15) is 5.75 Å². The molecule has 0 amide bonds. The molecule has 88 valence electrons. The Labute approximate surface area is 95.6 Å². The van der Waals surface area contributed by atoms with E-state index in [-0.39, 0.29) is 6.10 Å². The van der Waals surface area contributed by atoms with Gasteiger partial charge in [0, 0.05) is 17.3 Å². The Morgan fingerprint density at radius 1 is 1.38 bits per heavy atom. The van der Waals surface area contributed by atoms with E-state index in [2.05, 4.69) is 4.98 Å². The molecule has 1 rings (SSSR count). The molecular formula is C12H17NO3. The van der Waals surface area contributed by atoms with Gasteiger partial charge in [-0.15, -0.1) is 0 Å². The van der Waals surface area contributed by atoms with Crippen LogP contribution in [0.2, 0.25) is 0 Å². The Bertz CT molecular complexity index is 399. The van der Waals surface area contributed by atoms with Gasteiger partial charge in [-0.05, 0) is 27.7 Å². The second kappa shape index (κ2) is 4.96. The number of hydrogen-bond donors (Lipinski definition) is 0. The summed E-state index contributed by atoms with van der Waals surface area (Å²) in [6, 6.07) is 0. The molecule has 4 heteroatoms. The van der Waals surface area contributed by atoms with E-state index in [0.29, 0.717) is 17.0 Å². The van der Waals surface area contributed by atoms with Gasteiger partial charge in [-0.1, -0.05) is 0 Å². The van der Waals surface area contributed by atoms with Gasteiger partial charge in [0.15, 0.2) is 5.69 Å². The monoisotopic (exact) mass is 223 g/mol. The van der Waals surface area contributed by atoms with E-state index in [0.717, 1.165) is 5.56 Å². The van der Waals surface area contributed by atoms with Gasteiger partial charge in [0.25, 0.3) is 0 Å². The first-order valence-electron chi connectivity index (χ1n) is 5.18. The average Bonchev–Trinajstić information content (AvgIpc) is 2.17. The number of carbonyl (C=O) groups is 1.